The third-order valence-electron chi connectivity index (χ3n) is 6.70. The number of carbonyl (C=O) groups is 2. The van der Waals surface area contributed by atoms with Crippen LogP contribution in [0.4, 0.5) is 0 Å². The van der Waals surface area contributed by atoms with Crippen molar-refractivity contribution in [2.45, 2.75) is 65.4 Å². The number of hydrogen-bond donors (Lipinski definition) is 1. The van der Waals surface area contributed by atoms with Crippen LogP contribution in [0.1, 0.15) is 64.9 Å². The third kappa shape index (κ3) is 4.85. The minimum atomic E-state index is -0.540. The Morgan fingerprint density at radius 3 is 2.71 bits per heavy atom. The molecule has 4 rings (SSSR count). The maximum Gasteiger partial charge on any atom is 0.336 e. The molecule has 3 aliphatic rings. The Kier molecular flexibility index (Phi) is 7.03. The summed E-state index contributed by atoms with van der Waals surface area (Å²) in [4.78, 5) is 26.9. The van der Waals surface area contributed by atoms with Gasteiger partial charge in [0, 0.05) is 35.9 Å². The first-order chi connectivity index (χ1) is 16.2. The summed E-state index contributed by atoms with van der Waals surface area (Å²) in [5.74, 6) is 0.266. The molecule has 7 heteroatoms. The van der Waals surface area contributed by atoms with Crippen LogP contribution in [0.2, 0.25) is 0 Å². The van der Waals surface area contributed by atoms with Crippen molar-refractivity contribution in [3.63, 3.8) is 0 Å². The van der Waals surface area contributed by atoms with Gasteiger partial charge in [-0.3, -0.25) is 4.79 Å². The molecule has 2 unspecified atom stereocenters. The van der Waals surface area contributed by atoms with Crippen molar-refractivity contribution in [1.82, 2.24) is 5.32 Å². The van der Waals surface area contributed by atoms with Gasteiger partial charge < -0.3 is 24.3 Å². The van der Waals surface area contributed by atoms with Gasteiger partial charge in [-0.2, -0.15) is 0 Å². The maximum atomic E-state index is 13.4. The van der Waals surface area contributed by atoms with Crippen LogP contribution in [0.5, 0.6) is 11.5 Å². The first-order valence-corrected chi connectivity index (χ1v) is 12.1. The molecule has 0 bridgehead atoms. The van der Waals surface area contributed by atoms with E-state index in [0.29, 0.717) is 48.0 Å². The summed E-state index contributed by atoms with van der Waals surface area (Å²) in [7, 11) is 1.58. The Morgan fingerprint density at radius 2 is 2.03 bits per heavy atom. The first kappa shape index (κ1) is 24.3. The number of rotatable bonds is 7. The summed E-state index contributed by atoms with van der Waals surface area (Å²) in [6.07, 6.45) is 2.94. The number of Topliss-reactive ketones (excluding diaryl/α,β-unsaturated/α-hetero) is 1. The van der Waals surface area contributed by atoms with Crippen LogP contribution in [-0.4, -0.2) is 44.8 Å². The van der Waals surface area contributed by atoms with Crippen molar-refractivity contribution in [2.75, 3.05) is 26.9 Å². The molecule has 1 aromatic carbocycles. The minimum absolute atomic E-state index is 0.0496. The monoisotopic (exact) mass is 469 g/mol. The average Bonchev–Trinajstić information content (AvgIpc) is 3.30. The smallest absolute Gasteiger partial charge is 0.336 e. The maximum absolute atomic E-state index is 13.4. The second-order valence-corrected chi connectivity index (χ2v) is 10.0. The minimum Gasteiger partial charge on any atom is -0.493 e. The summed E-state index contributed by atoms with van der Waals surface area (Å²) < 4.78 is 22.6. The number of carbonyl (C=O) groups excluding carboxylic acids is 2. The molecule has 1 aromatic rings. The van der Waals surface area contributed by atoms with E-state index in [4.69, 9.17) is 18.9 Å². The molecular weight excluding hydrogens is 434 g/mol. The highest BCUT2D eigenvalue weighted by Crippen LogP contribution is 2.48. The number of nitrogens with one attached hydrogen (secondary N) is 1. The quantitative estimate of drug-likeness (QED) is 0.592. The highest BCUT2D eigenvalue weighted by atomic mass is 16.6. The summed E-state index contributed by atoms with van der Waals surface area (Å²) >= 11 is 0. The molecule has 2 aliphatic heterocycles. The van der Waals surface area contributed by atoms with Gasteiger partial charge in [0.1, 0.15) is 6.61 Å². The molecule has 0 amide bonds. The molecule has 7 nitrogen and oxygen atoms in total. The van der Waals surface area contributed by atoms with Gasteiger partial charge in [-0.15, -0.1) is 0 Å². The molecule has 34 heavy (non-hydrogen) atoms. The lowest BCUT2D eigenvalue weighted by Gasteiger charge is -2.39. The molecular formula is C27H35NO6. The van der Waals surface area contributed by atoms with Gasteiger partial charge in [0.2, 0.25) is 0 Å². The zero-order valence-electron chi connectivity index (χ0n) is 20.8. The fourth-order valence-electron chi connectivity index (χ4n) is 5.20. The number of methoxy groups -OCH3 is 1. The molecule has 0 aromatic heterocycles. The summed E-state index contributed by atoms with van der Waals surface area (Å²) in [6, 6.07) is 5.60. The van der Waals surface area contributed by atoms with Gasteiger partial charge in [-0.1, -0.05) is 19.9 Å². The number of hydrogen-bond acceptors (Lipinski definition) is 7. The van der Waals surface area contributed by atoms with Crippen molar-refractivity contribution in [1.29, 1.82) is 0 Å². The van der Waals surface area contributed by atoms with E-state index in [2.05, 4.69) is 19.2 Å². The largest absolute Gasteiger partial charge is 0.493 e. The number of dihydropyridines is 1. The molecule has 1 N–H and O–H groups in total. The third-order valence-corrected chi connectivity index (χ3v) is 6.70. The predicted octanol–water partition coefficient (Wildman–Crippen LogP) is 4.42. The summed E-state index contributed by atoms with van der Waals surface area (Å²) in [5.41, 5.74) is 3.33. The van der Waals surface area contributed by atoms with E-state index in [1.807, 2.05) is 32.0 Å². The first-order valence-electron chi connectivity index (χ1n) is 12.1. The highest BCUT2D eigenvalue weighted by Gasteiger charge is 2.43. The summed E-state index contributed by atoms with van der Waals surface area (Å²) in [6.45, 7) is 9.38. The molecule has 2 atom stereocenters. The Balaban J connectivity index is 1.75. The van der Waals surface area contributed by atoms with Gasteiger partial charge in [-0.05, 0) is 56.2 Å². The van der Waals surface area contributed by atoms with E-state index in [9.17, 15) is 9.59 Å². The van der Waals surface area contributed by atoms with Crippen LogP contribution in [-0.2, 0) is 19.1 Å². The molecule has 2 heterocycles. The second kappa shape index (κ2) is 9.82. The Bertz CT molecular complexity index is 1030. The van der Waals surface area contributed by atoms with E-state index < -0.39 is 11.9 Å². The molecule has 0 radical (unpaired) electrons. The van der Waals surface area contributed by atoms with Crippen LogP contribution in [0.3, 0.4) is 0 Å². The van der Waals surface area contributed by atoms with E-state index in [0.717, 1.165) is 30.5 Å². The van der Waals surface area contributed by atoms with Crippen LogP contribution in [0, 0.1) is 5.41 Å². The van der Waals surface area contributed by atoms with E-state index in [-0.39, 0.29) is 23.9 Å². The van der Waals surface area contributed by atoms with Gasteiger partial charge in [0.05, 0.1) is 25.4 Å². The summed E-state index contributed by atoms with van der Waals surface area (Å²) in [5, 5.41) is 3.37. The van der Waals surface area contributed by atoms with Crippen LogP contribution in [0.25, 0.3) is 0 Å². The van der Waals surface area contributed by atoms with Crippen molar-refractivity contribution in [3.05, 3.63) is 46.3 Å². The molecule has 184 valence electrons. The lowest BCUT2D eigenvalue weighted by molar-refractivity contribution is -0.142. The Labute approximate surface area is 201 Å². The fourth-order valence-corrected chi connectivity index (χ4v) is 5.20. The van der Waals surface area contributed by atoms with Crippen molar-refractivity contribution >= 4 is 11.8 Å². The highest BCUT2D eigenvalue weighted by molar-refractivity contribution is 6.04. The van der Waals surface area contributed by atoms with Crippen LogP contribution < -0.4 is 14.8 Å². The van der Waals surface area contributed by atoms with Gasteiger partial charge in [0.15, 0.2) is 17.3 Å². The zero-order chi connectivity index (χ0) is 24.5. The SMILES string of the molecule is CCOc1ccc(C2C(C(=O)OCC3CCCO3)=C(C)NC3=C2C(=O)CC(C)(C)C3)cc1OC. The number of allylic oxidation sites excluding steroid dienone is 3. The lowest BCUT2D eigenvalue weighted by Crippen LogP contribution is -2.39. The van der Waals surface area contributed by atoms with Crippen molar-refractivity contribution in [2.24, 2.45) is 5.41 Å². The van der Waals surface area contributed by atoms with Gasteiger partial charge >= 0.3 is 5.97 Å². The fraction of sp³-hybridized carbons (Fsp3) is 0.556. The Hall–Kier alpha value is -2.80. The van der Waals surface area contributed by atoms with Crippen molar-refractivity contribution < 1.29 is 28.5 Å². The van der Waals surface area contributed by atoms with E-state index in [1.165, 1.54) is 0 Å². The number of ketones is 1. The second-order valence-electron chi connectivity index (χ2n) is 10.0. The molecule has 1 fully saturated rings. The standard InChI is InChI=1S/C27H35NO6/c1-6-32-21-10-9-17(12-22(21)31-5)24-23(26(30)34-15-18-8-7-11-33-18)16(2)28-19-13-27(3,4)14-20(29)25(19)24/h9-10,12,18,24,28H,6-8,11,13-15H2,1-5H3. The van der Waals surface area contributed by atoms with Crippen molar-refractivity contribution in [3.8, 4) is 11.5 Å². The molecule has 1 saturated heterocycles. The predicted molar refractivity (Wildman–Crippen MR) is 128 cm³/mol. The normalized spacial score (nSPS) is 24.0. The number of esters is 1. The topological polar surface area (TPSA) is 83.1 Å². The molecule has 0 saturated carbocycles. The number of benzene rings is 1. The lowest BCUT2D eigenvalue weighted by atomic mass is 9.68. The molecule has 1 aliphatic carbocycles. The van der Waals surface area contributed by atoms with E-state index >= 15 is 0 Å². The van der Waals surface area contributed by atoms with Gasteiger partial charge in [-0.25, -0.2) is 4.79 Å². The van der Waals surface area contributed by atoms with Crippen LogP contribution in [0.15, 0.2) is 40.7 Å². The average molecular weight is 470 g/mol. The number of ether oxygens (including phenoxy) is 4. The van der Waals surface area contributed by atoms with Gasteiger partial charge in [0.25, 0.3) is 0 Å². The van der Waals surface area contributed by atoms with E-state index in [1.54, 1.807) is 7.11 Å². The molecule has 0 spiro atoms. The zero-order valence-corrected chi connectivity index (χ0v) is 20.8. The van der Waals surface area contributed by atoms with Crippen LogP contribution >= 0.6 is 0 Å². The Morgan fingerprint density at radius 1 is 1.24 bits per heavy atom.